The quantitative estimate of drug-likeness (QED) is 0.734. The number of hydrogen-bond donors (Lipinski definition) is 0. The van der Waals surface area contributed by atoms with Gasteiger partial charge >= 0.3 is 6.18 Å². The molecule has 0 bridgehead atoms. The monoisotopic (exact) mass is 313 g/mol. The Kier molecular flexibility index (Phi) is 5.18. The highest BCUT2D eigenvalue weighted by atomic mass is 35.5. The van der Waals surface area contributed by atoms with E-state index in [0.29, 0.717) is 38.4 Å². The Labute approximate surface area is 121 Å². The van der Waals surface area contributed by atoms with Gasteiger partial charge in [-0.25, -0.2) is 0 Å². The van der Waals surface area contributed by atoms with Crippen molar-refractivity contribution in [1.82, 2.24) is 4.90 Å². The van der Waals surface area contributed by atoms with Crippen LogP contribution in [0.5, 0.6) is 0 Å². The summed E-state index contributed by atoms with van der Waals surface area (Å²) in [6, 6.07) is 0. The molecule has 1 aliphatic heterocycles. The zero-order valence-electron chi connectivity index (χ0n) is 11.2. The zero-order chi connectivity index (χ0) is 14.8. The number of carbonyl (C=O) groups is 1. The van der Waals surface area contributed by atoms with Crippen molar-refractivity contribution in [3.8, 4) is 0 Å². The number of nitrogens with zero attached hydrogens (tertiary/aromatic N) is 1. The first kappa shape index (κ1) is 15.9. The third kappa shape index (κ3) is 3.79. The number of ether oxygens (including phenoxy) is 1. The average molecular weight is 314 g/mol. The lowest BCUT2D eigenvalue weighted by Gasteiger charge is -2.37. The van der Waals surface area contributed by atoms with Gasteiger partial charge in [0.25, 0.3) is 0 Å². The van der Waals surface area contributed by atoms with Gasteiger partial charge in [-0.3, -0.25) is 4.79 Å². The van der Waals surface area contributed by atoms with E-state index < -0.39 is 18.0 Å². The van der Waals surface area contributed by atoms with E-state index in [1.54, 1.807) is 4.90 Å². The van der Waals surface area contributed by atoms with Crippen LogP contribution in [0.3, 0.4) is 0 Å². The van der Waals surface area contributed by atoms with Gasteiger partial charge in [0.1, 0.15) is 0 Å². The Bertz CT molecular complexity index is 351. The number of carbonyl (C=O) groups excluding carboxylic acids is 1. The van der Waals surface area contributed by atoms with Crippen molar-refractivity contribution in [2.24, 2.45) is 11.8 Å². The maximum atomic E-state index is 12.8. The van der Waals surface area contributed by atoms with Crippen LogP contribution in [0.25, 0.3) is 0 Å². The van der Waals surface area contributed by atoms with E-state index in [4.69, 9.17) is 16.3 Å². The number of amides is 1. The highest BCUT2D eigenvalue weighted by Crippen LogP contribution is 2.40. The van der Waals surface area contributed by atoms with Crippen molar-refractivity contribution in [3.05, 3.63) is 0 Å². The topological polar surface area (TPSA) is 29.5 Å². The SMILES string of the molecule is O=C(C1CCCC(C(F)(F)F)C1)N1CCOC(CCl)C1. The Hall–Kier alpha value is -0.490. The van der Waals surface area contributed by atoms with Gasteiger partial charge in [0, 0.05) is 19.0 Å². The van der Waals surface area contributed by atoms with Gasteiger partial charge < -0.3 is 9.64 Å². The number of morpholine rings is 1. The molecule has 1 saturated heterocycles. The molecule has 0 aromatic rings. The maximum absolute atomic E-state index is 12.8. The first-order valence-corrected chi connectivity index (χ1v) is 7.48. The first-order valence-electron chi connectivity index (χ1n) is 6.95. The van der Waals surface area contributed by atoms with Crippen molar-refractivity contribution in [1.29, 1.82) is 0 Å². The summed E-state index contributed by atoms with van der Waals surface area (Å²) in [7, 11) is 0. The number of alkyl halides is 4. The van der Waals surface area contributed by atoms with Crippen molar-refractivity contribution in [3.63, 3.8) is 0 Å². The van der Waals surface area contributed by atoms with Crippen LogP contribution in [0.15, 0.2) is 0 Å². The molecule has 3 unspecified atom stereocenters. The predicted octanol–water partition coefficient (Wildman–Crippen LogP) is 2.82. The molecule has 1 saturated carbocycles. The van der Waals surface area contributed by atoms with E-state index in [9.17, 15) is 18.0 Å². The molecule has 3 atom stereocenters. The molecule has 20 heavy (non-hydrogen) atoms. The summed E-state index contributed by atoms with van der Waals surface area (Å²) in [6.07, 6.45) is -3.33. The van der Waals surface area contributed by atoms with Crippen LogP contribution in [0.2, 0.25) is 0 Å². The largest absolute Gasteiger partial charge is 0.391 e. The predicted molar refractivity (Wildman–Crippen MR) is 68.5 cm³/mol. The molecule has 1 aliphatic carbocycles. The lowest BCUT2D eigenvalue weighted by molar-refractivity contribution is -0.187. The normalized spacial score (nSPS) is 32.2. The molecular formula is C13H19ClF3NO2. The molecule has 2 fully saturated rings. The molecule has 1 amide bonds. The van der Waals surface area contributed by atoms with Crippen LogP contribution in [-0.2, 0) is 9.53 Å². The molecule has 2 aliphatic rings. The molecule has 1 heterocycles. The van der Waals surface area contributed by atoms with Gasteiger partial charge in [-0.2, -0.15) is 13.2 Å². The van der Waals surface area contributed by atoms with Crippen LogP contribution in [0, 0.1) is 11.8 Å². The van der Waals surface area contributed by atoms with E-state index >= 15 is 0 Å². The van der Waals surface area contributed by atoms with Gasteiger partial charge in [0.2, 0.25) is 5.91 Å². The van der Waals surface area contributed by atoms with Crippen molar-refractivity contribution in [2.75, 3.05) is 25.6 Å². The van der Waals surface area contributed by atoms with E-state index in [1.165, 1.54) is 0 Å². The molecule has 0 N–H and O–H groups in total. The van der Waals surface area contributed by atoms with E-state index in [-0.39, 0.29) is 24.9 Å². The molecular weight excluding hydrogens is 295 g/mol. The Balaban J connectivity index is 1.94. The van der Waals surface area contributed by atoms with Gasteiger partial charge in [0.15, 0.2) is 0 Å². The third-order valence-electron chi connectivity index (χ3n) is 4.11. The molecule has 0 aromatic heterocycles. The highest BCUT2D eigenvalue weighted by molar-refractivity contribution is 6.18. The second-order valence-corrected chi connectivity index (χ2v) is 5.84. The Morgan fingerprint density at radius 2 is 2.10 bits per heavy atom. The summed E-state index contributed by atoms with van der Waals surface area (Å²) in [5.74, 6) is -1.73. The van der Waals surface area contributed by atoms with E-state index in [2.05, 4.69) is 0 Å². The molecule has 7 heteroatoms. The van der Waals surface area contributed by atoms with E-state index in [0.717, 1.165) is 0 Å². The fourth-order valence-electron chi connectivity index (χ4n) is 2.98. The summed E-state index contributed by atoms with van der Waals surface area (Å²) in [4.78, 5) is 14.0. The summed E-state index contributed by atoms with van der Waals surface area (Å²) in [5, 5.41) is 0. The zero-order valence-corrected chi connectivity index (χ0v) is 11.9. The molecule has 0 spiro atoms. The van der Waals surface area contributed by atoms with Gasteiger partial charge in [-0.1, -0.05) is 6.42 Å². The van der Waals surface area contributed by atoms with Gasteiger partial charge in [-0.15, -0.1) is 11.6 Å². The fraction of sp³-hybridized carbons (Fsp3) is 0.923. The van der Waals surface area contributed by atoms with Crippen LogP contribution in [-0.4, -0.2) is 48.7 Å². The minimum Gasteiger partial charge on any atom is -0.373 e. The Morgan fingerprint density at radius 1 is 1.35 bits per heavy atom. The molecule has 0 radical (unpaired) electrons. The van der Waals surface area contributed by atoms with Crippen LogP contribution < -0.4 is 0 Å². The van der Waals surface area contributed by atoms with Crippen LogP contribution in [0.4, 0.5) is 13.2 Å². The number of hydrogen-bond acceptors (Lipinski definition) is 2. The summed E-state index contributed by atoms with van der Waals surface area (Å²) in [5.41, 5.74) is 0. The van der Waals surface area contributed by atoms with Gasteiger partial charge in [0.05, 0.1) is 24.5 Å². The number of rotatable bonds is 2. The standard InChI is InChI=1S/C13H19ClF3NO2/c14-7-11-8-18(4-5-20-11)12(19)9-2-1-3-10(6-9)13(15,16)17/h9-11H,1-8H2. The average Bonchev–Trinajstić information content (AvgIpc) is 2.46. The lowest BCUT2D eigenvalue weighted by atomic mass is 9.80. The summed E-state index contributed by atoms with van der Waals surface area (Å²) >= 11 is 5.71. The second kappa shape index (κ2) is 6.52. The summed E-state index contributed by atoms with van der Waals surface area (Å²) in [6.45, 7) is 1.23. The minimum absolute atomic E-state index is 0.0781. The van der Waals surface area contributed by atoms with Crippen molar-refractivity contribution in [2.45, 2.75) is 38.0 Å². The second-order valence-electron chi connectivity index (χ2n) is 5.53. The minimum atomic E-state index is -4.19. The van der Waals surface area contributed by atoms with Gasteiger partial charge in [-0.05, 0) is 19.3 Å². The smallest absolute Gasteiger partial charge is 0.373 e. The number of halogens is 4. The molecule has 3 nitrogen and oxygen atoms in total. The molecule has 2 rings (SSSR count). The lowest BCUT2D eigenvalue weighted by Crippen LogP contribution is -2.49. The molecule has 0 aromatic carbocycles. The van der Waals surface area contributed by atoms with Crippen LogP contribution >= 0.6 is 11.6 Å². The van der Waals surface area contributed by atoms with Crippen molar-refractivity contribution < 1.29 is 22.7 Å². The highest BCUT2D eigenvalue weighted by Gasteiger charge is 2.44. The maximum Gasteiger partial charge on any atom is 0.391 e. The summed E-state index contributed by atoms with van der Waals surface area (Å²) < 4.78 is 43.7. The fourth-order valence-corrected chi connectivity index (χ4v) is 3.17. The molecule has 116 valence electrons. The third-order valence-corrected chi connectivity index (χ3v) is 4.45. The van der Waals surface area contributed by atoms with E-state index in [1.807, 2.05) is 0 Å². The van der Waals surface area contributed by atoms with Crippen LogP contribution in [0.1, 0.15) is 25.7 Å². The van der Waals surface area contributed by atoms with Crippen molar-refractivity contribution >= 4 is 17.5 Å². The first-order chi connectivity index (χ1) is 9.41. The Morgan fingerprint density at radius 3 is 2.75 bits per heavy atom.